The van der Waals surface area contributed by atoms with E-state index in [4.69, 9.17) is 0 Å². The molecule has 0 unspecified atom stereocenters. The summed E-state index contributed by atoms with van der Waals surface area (Å²) in [6, 6.07) is 14.3. The van der Waals surface area contributed by atoms with Crippen molar-refractivity contribution in [3.63, 3.8) is 0 Å². The average molecular weight is 521 g/mol. The molecular weight excluding hydrogens is 493 g/mol. The number of pyridine rings is 1. The van der Waals surface area contributed by atoms with Crippen LogP contribution < -0.4 is 10.6 Å². The molecule has 0 radical (unpaired) electrons. The fourth-order valence-corrected chi connectivity index (χ4v) is 3.78. The number of halogens is 3. The molecule has 0 aliphatic heterocycles. The number of amides is 1. The summed E-state index contributed by atoms with van der Waals surface area (Å²) in [5.74, 6) is -0.522. The molecule has 2 N–H and O–H groups in total. The number of nitrogens with zero attached hydrogens (tertiary/aromatic N) is 4. The fourth-order valence-electron chi connectivity index (χ4n) is 3.78. The van der Waals surface area contributed by atoms with Crippen LogP contribution in [0.25, 0.3) is 11.3 Å². The molecule has 0 bridgehead atoms. The second-order valence-electron chi connectivity index (χ2n) is 9.05. The lowest BCUT2D eigenvalue weighted by atomic mass is 10.0. The Morgan fingerprint density at radius 2 is 1.84 bits per heavy atom. The Hall–Kier alpha value is -4.31. The van der Waals surface area contributed by atoms with Gasteiger partial charge in [-0.2, -0.15) is 13.2 Å². The molecule has 2 aromatic carbocycles. The number of carbonyl (C=O) groups is 1. The van der Waals surface area contributed by atoms with E-state index in [1.807, 2.05) is 38.1 Å². The van der Waals surface area contributed by atoms with Crippen molar-refractivity contribution >= 4 is 23.2 Å². The van der Waals surface area contributed by atoms with E-state index >= 15 is 0 Å². The zero-order chi connectivity index (χ0) is 27.3. The molecule has 0 spiro atoms. The molecule has 0 saturated carbocycles. The van der Waals surface area contributed by atoms with Gasteiger partial charge in [-0.3, -0.25) is 9.78 Å². The van der Waals surface area contributed by atoms with E-state index in [1.165, 1.54) is 6.07 Å². The van der Waals surface area contributed by atoms with Crippen LogP contribution in [0.3, 0.4) is 0 Å². The van der Waals surface area contributed by atoms with E-state index in [0.717, 1.165) is 17.2 Å². The summed E-state index contributed by atoms with van der Waals surface area (Å²) < 4.78 is 41.5. The van der Waals surface area contributed by atoms with Crippen LogP contribution in [0.1, 0.15) is 27.0 Å². The third-order valence-corrected chi connectivity index (χ3v) is 5.84. The number of hydrogen-bond acceptors (Lipinski definition) is 6. The van der Waals surface area contributed by atoms with E-state index < -0.39 is 23.2 Å². The lowest BCUT2D eigenvalue weighted by molar-refractivity contribution is -0.137. The van der Waals surface area contributed by atoms with E-state index in [9.17, 15) is 18.0 Å². The molecule has 196 valence electrons. The molecule has 2 heterocycles. The van der Waals surface area contributed by atoms with Gasteiger partial charge in [0.2, 0.25) is 5.95 Å². The zero-order valence-electron chi connectivity index (χ0n) is 21.2. The summed E-state index contributed by atoms with van der Waals surface area (Å²) in [6.07, 6.45) is 0.744. The maximum atomic E-state index is 13.8. The molecule has 0 aliphatic rings. The maximum Gasteiger partial charge on any atom is 0.417 e. The first kappa shape index (κ1) is 26.7. The minimum atomic E-state index is -4.67. The summed E-state index contributed by atoms with van der Waals surface area (Å²) in [4.78, 5) is 27.7. The van der Waals surface area contributed by atoms with Crippen molar-refractivity contribution in [2.24, 2.45) is 0 Å². The molecule has 0 atom stereocenters. The Bertz CT molecular complexity index is 1420. The summed E-state index contributed by atoms with van der Waals surface area (Å²) in [5, 5.41) is 5.72. The van der Waals surface area contributed by atoms with Crippen LogP contribution in [-0.2, 0) is 12.6 Å². The lowest BCUT2D eigenvalue weighted by Crippen LogP contribution is -2.20. The van der Waals surface area contributed by atoms with Gasteiger partial charge in [0.15, 0.2) is 0 Å². The van der Waals surface area contributed by atoms with Crippen molar-refractivity contribution in [1.82, 2.24) is 19.9 Å². The van der Waals surface area contributed by atoms with Gasteiger partial charge in [0.25, 0.3) is 5.91 Å². The van der Waals surface area contributed by atoms with Crippen LogP contribution in [0.15, 0.2) is 73.2 Å². The SMILES string of the molecule is Cc1ccc(NC(=O)c2ccc(CCN(C)C)cc2C(F)(F)F)cc1Nc1nccc(-c2cccnc2)n1. The number of aryl methyl sites for hydroxylation is 1. The van der Waals surface area contributed by atoms with E-state index in [1.54, 1.807) is 48.9 Å². The van der Waals surface area contributed by atoms with E-state index in [2.05, 4.69) is 25.6 Å². The zero-order valence-corrected chi connectivity index (χ0v) is 21.2. The summed E-state index contributed by atoms with van der Waals surface area (Å²) >= 11 is 0. The summed E-state index contributed by atoms with van der Waals surface area (Å²) in [5.41, 5.74) is 2.37. The van der Waals surface area contributed by atoms with Crippen molar-refractivity contribution in [2.45, 2.75) is 19.5 Å². The van der Waals surface area contributed by atoms with Crippen LogP contribution in [0.2, 0.25) is 0 Å². The van der Waals surface area contributed by atoms with Gasteiger partial charge in [0, 0.05) is 42.1 Å². The predicted octanol–water partition coefficient (Wildman–Crippen LogP) is 5.97. The second kappa shape index (κ2) is 11.4. The molecule has 10 heteroatoms. The van der Waals surface area contributed by atoms with Gasteiger partial charge < -0.3 is 15.5 Å². The number of rotatable bonds is 8. The average Bonchev–Trinajstić information content (AvgIpc) is 2.89. The Kier molecular flexibility index (Phi) is 8.02. The molecule has 4 rings (SSSR count). The largest absolute Gasteiger partial charge is 0.417 e. The number of nitrogens with one attached hydrogen (secondary N) is 2. The van der Waals surface area contributed by atoms with Crippen molar-refractivity contribution in [1.29, 1.82) is 0 Å². The van der Waals surface area contributed by atoms with Crippen LogP contribution >= 0.6 is 0 Å². The molecule has 0 saturated heterocycles. The molecule has 7 nitrogen and oxygen atoms in total. The monoisotopic (exact) mass is 520 g/mol. The lowest BCUT2D eigenvalue weighted by Gasteiger charge is -2.16. The number of likely N-dealkylation sites (N-methyl/N-ethyl adjacent to an activating group) is 1. The topological polar surface area (TPSA) is 83.0 Å². The normalized spacial score (nSPS) is 11.4. The standard InChI is InChI=1S/C28H27F3N6O/c1-18-6-8-21(16-25(18)36-27-33-13-10-24(35-27)20-5-4-12-32-17-20)34-26(38)22-9-7-19(11-14-37(2)3)15-23(22)28(29,30)31/h4-10,12-13,15-17H,11,14H2,1-3H3,(H,34,38)(H,33,35,36). The highest BCUT2D eigenvalue weighted by atomic mass is 19.4. The smallest absolute Gasteiger partial charge is 0.324 e. The van der Waals surface area contributed by atoms with Gasteiger partial charge in [0.1, 0.15) is 0 Å². The highest BCUT2D eigenvalue weighted by Gasteiger charge is 2.35. The summed E-state index contributed by atoms with van der Waals surface area (Å²) in [7, 11) is 3.70. The number of hydrogen-bond donors (Lipinski definition) is 2. The first-order valence-electron chi connectivity index (χ1n) is 11.9. The fraction of sp³-hybridized carbons (Fsp3) is 0.214. The number of aromatic nitrogens is 3. The van der Waals surface area contributed by atoms with Crippen LogP contribution in [0.4, 0.5) is 30.5 Å². The summed E-state index contributed by atoms with van der Waals surface area (Å²) in [6.45, 7) is 2.45. The number of benzene rings is 2. The Morgan fingerprint density at radius 1 is 1.03 bits per heavy atom. The molecule has 1 amide bonds. The van der Waals surface area contributed by atoms with Crippen molar-refractivity contribution in [3.8, 4) is 11.3 Å². The van der Waals surface area contributed by atoms with Crippen molar-refractivity contribution in [2.75, 3.05) is 31.3 Å². The highest BCUT2D eigenvalue weighted by Crippen LogP contribution is 2.33. The van der Waals surface area contributed by atoms with Gasteiger partial charge in [0.05, 0.1) is 16.8 Å². The number of anilines is 3. The van der Waals surface area contributed by atoms with Gasteiger partial charge in [-0.05, 0) is 81.0 Å². The minimum Gasteiger partial charge on any atom is -0.324 e. The van der Waals surface area contributed by atoms with Crippen molar-refractivity contribution in [3.05, 3.63) is 95.4 Å². The first-order valence-corrected chi connectivity index (χ1v) is 11.9. The Morgan fingerprint density at radius 3 is 2.55 bits per heavy atom. The van der Waals surface area contributed by atoms with E-state index in [-0.39, 0.29) is 0 Å². The van der Waals surface area contributed by atoms with Gasteiger partial charge in [-0.1, -0.05) is 12.1 Å². The van der Waals surface area contributed by atoms with E-state index in [0.29, 0.717) is 41.5 Å². The van der Waals surface area contributed by atoms with Gasteiger partial charge >= 0.3 is 6.18 Å². The van der Waals surface area contributed by atoms with Gasteiger partial charge in [-0.15, -0.1) is 0 Å². The third-order valence-electron chi connectivity index (χ3n) is 5.84. The highest BCUT2D eigenvalue weighted by molar-refractivity contribution is 6.05. The van der Waals surface area contributed by atoms with Crippen molar-refractivity contribution < 1.29 is 18.0 Å². The Labute approximate surface area is 218 Å². The molecule has 38 heavy (non-hydrogen) atoms. The van der Waals surface area contributed by atoms with Crippen LogP contribution in [-0.4, -0.2) is 46.4 Å². The quantitative estimate of drug-likeness (QED) is 0.298. The second-order valence-corrected chi connectivity index (χ2v) is 9.05. The number of carbonyl (C=O) groups excluding carboxylic acids is 1. The van der Waals surface area contributed by atoms with Crippen LogP contribution in [0.5, 0.6) is 0 Å². The van der Waals surface area contributed by atoms with Gasteiger partial charge in [-0.25, -0.2) is 9.97 Å². The molecule has 0 aliphatic carbocycles. The predicted molar refractivity (Wildman–Crippen MR) is 141 cm³/mol. The molecular formula is C28H27F3N6O. The molecule has 4 aromatic rings. The first-order chi connectivity index (χ1) is 18.1. The van der Waals surface area contributed by atoms with Crippen LogP contribution in [0, 0.1) is 6.92 Å². The molecule has 0 fully saturated rings. The third kappa shape index (κ3) is 6.71. The minimum absolute atomic E-state index is 0.325. The maximum absolute atomic E-state index is 13.8. The Balaban J connectivity index is 1.55. The molecule has 2 aromatic heterocycles. The number of alkyl halides is 3.